The van der Waals surface area contributed by atoms with E-state index in [2.05, 4.69) is 433 Å². The molecule has 8 heterocycles. The Morgan fingerprint density at radius 2 is 0.750 bits per heavy atom. The lowest BCUT2D eigenvalue weighted by Gasteiger charge is -2.21. The number of aromatic amines is 4. The summed E-state index contributed by atoms with van der Waals surface area (Å²) >= 11 is 1.90. The minimum absolute atomic E-state index is 0.0638. The van der Waals surface area contributed by atoms with Crippen LogP contribution >= 0.6 is 11.3 Å². The van der Waals surface area contributed by atoms with Crippen molar-refractivity contribution in [2.24, 2.45) is 0 Å². The molecule has 30 aromatic rings. The molecule has 0 spiro atoms. The second-order valence-corrected chi connectivity index (χ2v) is 37.2. The van der Waals surface area contributed by atoms with Crippen LogP contribution in [-0.2, 0) is 11.8 Å². The molecule has 0 atom stereocenters. The van der Waals surface area contributed by atoms with Gasteiger partial charge < -0.3 is 33.3 Å². The number of aromatic nitrogens is 5. The highest BCUT2D eigenvalue weighted by molar-refractivity contribution is 7.27. The third kappa shape index (κ3) is 11.0. The van der Waals surface area contributed by atoms with Gasteiger partial charge in [0.2, 0.25) is 0 Å². The third-order valence-electron chi connectivity index (χ3n) is 28.7. The van der Waals surface area contributed by atoms with Crippen LogP contribution in [0.1, 0.15) is 36.1 Å². The molecule has 8 heteroatoms. The number of benzene rings is 22. The van der Waals surface area contributed by atoms with E-state index in [1.54, 1.807) is 0 Å². The summed E-state index contributed by atoms with van der Waals surface area (Å²) in [7, 11) is 0. The fraction of sp³-hybridized carbons (Fsp3) is 0.0323. The highest BCUT2D eigenvalue weighted by atomic mass is 32.1. The first kappa shape index (κ1) is 74.3. The first-order valence-electron chi connectivity index (χ1n) is 45.5. The van der Waals surface area contributed by atoms with Crippen LogP contribution in [0.2, 0.25) is 0 Å². The Kier molecular flexibility index (Phi) is 16.1. The largest absolute Gasteiger partial charge is 0.456 e. The molecular weight excluding hydrogens is 1620 g/mol. The van der Waals surface area contributed by atoms with E-state index >= 15 is 0 Å². The van der Waals surface area contributed by atoms with E-state index in [1.165, 1.54) is 249 Å². The lowest BCUT2D eigenvalue weighted by molar-refractivity contribution is 0.660. The Morgan fingerprint density at radius 3 is 1.48 bits per heavy atom. The van der Waals surface area contributed by atoms with Crippen LogP contribution in [0.5, 0.6) is 0 Å². The van der Waals surface area contributed by atoms with Crippen molar-refractivity contribution in [2.45, 2.75) is 25.7 Å². The maximum Gasteiger partial charge on any atom is 0.136 e. The van der Waals surface area contributed by atoms with Gasteiger partial charge in [0, 0.05) is 151 Å². The fourth-order valence-electron chi connectivity index (χ4n) is 22.9. The number of nitrogens with zero attached hydrogens (tertiary/aromatic N) is 1. The molecule has 0 aliphatic heterocycles. The van der Waals surface area contributed by atoms with E-state index < -0.39 is 0 Å². The molecule has 0 radical (unpaired) electrons. The molecule has 2 aliphatic rings. The zero-order valence-electron chi connectivity index (χ0n) is 72.1. The summed E-state index contributed by atoms with van der Waals surface area (Å²) in [5.74, 6) is 0. The quantitative estimate of drug-likeness (QED) is 0.123. The molecule has 32 rings (SSSR count). The Labute approximate surface area is 759 Å². The second-order valence-electron chi connectivity index (χ2n) is 36.2. The molecule has 132 heavy (non-hydrogen) atoms. The van der Waals surface area contributed by atoms with Crippen molar-refractivity contribution < 1.29 is 8.83 Å². The molecule has 0 fully saturated rings. The number of nitrogens with one attached hydrogen (secondary N) is 4. The molecule has 0 unspecified atom stereocenters. The van der Waals surface area contributed by atoms with E-state index in [-0.39, 0.29) is 5.41 Å². The number of furan rings is 2. The van der Waals surface area contributed by atoms with Crippen molar-refractivity contribution in [1.82, 2.24) is 24.5 Å². The second kappa shape index (κ2) is 28.6. The zero-order chi connectivity index (χ0) is 86.7. The van der Waals surface area contributed by atoms with Gasteiger partial charge in [-0.1, -0.05) is 311 Å². The van der Waals surface area contributed by atoms with Crippen molar-refractivity contribution in [2.75, 3.05) is 0 Å². The number of H-pyrrole nitrogens is 4. The predicted octanol–water partition coefficient (Wildman–Crippen LogP) is 35.0. The van der Waals surface area contributed by atoms with Crippen molar-refractivity contribution >= 4 is 249 Å². The van der Waals surface area contributed by atoms with Crippen LogP contribution in [-0.4, -0.2) is 24.5 Å². The summed E-state index contributed by atoms with van der Waals surface area (Å²) in [6, 6.07) is 146. The minimum atomic E-state index is 0.0638. The smallest absolute Gasteiger partial charge is 0.136 e. The topological polar surface area (TPSA) is 94.4 Å². The number of hydrogen-bond donors (Lipinski definition) is 4. The number of fused-ring (bicyclic) bond motifs is 46. The van der Waals surface area contributed by atoms with Gasteiger partial charge in [0.05, 0.1) is 16.6 Å². The lowest BCUT2D eigenvalue weighted by atomic mass is 9.81. The number of para-hydroxylation sites is 5. The molecular formula is C124H79N5O2S. The fourth-order valence-corrected chi connectivity index (χ4v) is 24.1. The van der Waals surface area contributed by atoms with E-state index in [4.69, 9.17) is 8.83 Å². The van der Waals surface area contributed by atoms with Gasteiger partial charge >= 0.3 is 0 Å². The monoisotopic (exact) mass is 1700 g/mol. The van der Waals surface area contributed by atoms with Gasteiger partial charge in [-0.25, -0.2) is 0 Å². The summed E-state index contributed by atoms with van der Waals surface area (Å²) in [5.41, 5.74) is 28.6. The summed E-state index contributed by atoms with van der Waals surface area (Å²) in [6.45, 7) is 4.73. The van der Waals surface area contributed by atoms with E-state index in [1.807, 2.05) is 23.5 Å². The van der Waals surface area contributed by atoms with Crippen molar-refractivity contribution in [3.8, 4) is 27.9 Å². The van der Waals surface area contributed by atoms with Crippen LogP contribution < -0.4 is 0 Å². The minimum Gasteiger partial charge on any atom is -0.456 e. The van der Waals surface area contributed by atoms with Crippen LogP contribution in [0.4, 0.5) is 0 Å². The first-order valence-corrected chi connectivity index (χ1v) is 46.4. The van der Waals surface area contributed by atoms with Gasteiger partial charge in [-0.3, -0.25) is 0 Å². The number of hydrogen-bond acceptors (Lipinski definition) is 3. The molecule has 0 saturated heterocycles. The molecule has 0 saturated carbocycles. The molecule has 4 N–H and O–H groups in total. The number of thiophene rings is 1. The third-order valence-corrected chi connectivity index (χ3v) is 29.9. The van der Waals surface area contributed by atoms with Crippen molar-refractivity contribution in [3.05, 3.63) is 429 Å². The Hall–Kier alpha value is -16.8. The average Bonchev–Trinajstić information content (AvgIpc) is 1.52. The van der Waals surface area contributed by atoms with E-state index in [0.29, 0.717) is 0 Å². The van der Waals surface area contributed by atoms with Crippen LogP contribution in [0, 0.1) is 0 Å². The SMILES string of the molecule is CC1(C)c2ccccc2-c2c1ccc1c2-c2c(ccc3ccccc23)C1.c1ccc(-n2c3ccccc3c3c4c(ccc32)[nH]c2c3ccccc3c3ccccc3c24)cc1.c1ccc2c(c1)ccc1c2sc2ccc3[nH]c4ccccc4c3c21.c1ccc2cc3c(cc2c1)[nH]c1ccc2oc4ccccc4c2c13.c1ccc2cc3c(cc2c1)oc1ccc2[nH]c4ccccc4c2c13. The highest BCUT2D eigenvalue weighted by Crippen LogP contribution is 2.57. The Morgan fingerprint density at radius 1 is 0.250 bits per heavy atom. The molecule has 0 bridgehead atoms. The highest BCUT2D eigenvalue weighted by Gasteiger charge is 2.39. The Balaban J connectivity index is 0.0000000831. The van der Waals surface area contributed by atoms with Gasteiger partial charge in [0.1, 0.15) is 22.3 Å². The maximum atomic E-state index is 6.17. The summed E-state index contributed by atoms with van der Waals surface area (Å²) in [6.07, 6.45) is 1.05. The summed E-state index contributed by atoms with van der Waals surface area (Å²) in [5, 5.41) is 35.9. The zero-order valence-corrected chi connectivity index (χ0v) is 72.9. The summed E-state index contributed by atoms with van der Waals surface area (Å²) < 4.78 is 17.4. The molecule has 8 aromatic heterocycles. The average molecular weight is 1700 g/mol. The van der Waals surface area contributed by atoms with Gasteiger partial charge in [-0.15, -0.1) is 11.3 Å². The van der Waals surface area contributed by atoms with Crippen molar-refractivity contribution in [1.29, 1.82) is 0 Å². The number of rotatable bonds is 1. The van der Waals surface area contributed by atoms with Crippen LogP contribution in [0.3, 0.4) is 0 Å². The van der Waals surface area contributed by atoms with Crippen LogP contribution in [0.15, 0.2) is 415 Å². The molecule has 0 amide bonds. The molecule has 22 aromatic carbocycles. The molecule has 2 aliphatic carbocycles. The van der Waals surface area contributed by atoms with Crippen molar-refractivity contribution in [3.63, 3.8) is 0 Å². The lowest BCUT2D eigenvalue weighted by Crippen LogP contribution is -2.14. The van der Waals surface area contributed by atoms with Gasteiger partial charge in [0.25, 0.3) is 0 Å². The normalized spacial score (nSPS) is 12.8. The summed E-state index contributed by atoms with van der Waals surface area (Å²) in [4.78, 5) is 14.5. The predicted molar refractivity (Wildman–Crippen MR) is 562 cm³/mol. The standard InChI is InChI=1S/C32H20N2.C26H20.2C22H13NO.C22H13NS/c1-2-10-20(11-3-1)34-27-17-9-8-16-25(27)29-28(34)19-18-26-31(29)30-23-14-6-4-12-21(23)22-13-5-7-15-24(22)32(30)33-26;1-26(2)21-10-6-5-9-20(21)25-22(26)14-13-18-15-17-12-11-16-7-3-4-8-19(16)23(17)24(18)25;1-2-6-14-12-18-16(11-13(14)5-1)21-17(23-18)9-10-20-22(21)15-7-3-4-8-19(15)24-20;1-2-6-14-12-20-16(11-13(14)5-1)22-19(24-20)10-9-18-21(22)15-7-3-4-8-17(15)23-18;1-2-6-14-13(5-1)9-10-16-21-19(24-22(14)16)12-11-18-20(21)15-7-3-4-8-17(15)23-18/h1-19,33H;3-14H,15H2,1-2H3;3*1-12,23H. The first-order chi connectivity index (χ1) is 65.2. The molecule has 7 nitrogen and oxygen atoms in total. The Bertz CT molecular complexity index is 9820. The van der Waals surface area contributed by atoms with E-state index in [0.717, 1.165) is 45.3 Å². The van der Waals surface area contributed by atoms with Gasteiger partial charge in [0.15, 0.2) is 0 Å². The van der Waals surface area contributed by atoms with Gasteiger partial charge in [-0.05, 0) is 219 Å². The van der Waals surface area contributed by atoms with E-state index in [9.17, 15) is 0 Å². The maximum absolute atomic E-state index is 6.17. The van der Waals surface area contributed by atoms with Gasteiger partial charge in [-0.2, -0.15) is 0 Å². The molecule has 618 valence electrons. The van der Waals surface area contributed by atoms with Crippen LogP contribution in [0.25, 0.3) is 266 Å².